The van der Waals surface area contributed by atoms with Crippen molar-refractivity contribution in [3.63, 3.8) is 0 Å². The van der Waals surface area contributed by atoms with Gasteiger partial charge in [0.2, 0.25) is 0 Å². The molecule has 0 aliphatic carbocycles. The summed E-state index contributed by atoms with van der Waals surface area (Å²) in [6, 6.07) is 3.82. The minimum absolute atomic E-state index is 0.0874. The monoisotopic (exact) mass is 452 g/mol. The molecule has 0 amide bonds. The lowest BCUT2D eigenvalue weighted by atomic mass is 10.0. The Kier molecular flexibility index (Phi) is 4.78. The van der Waals surface area contributed by atoms with Gasteiger partial charge in [-0.15, -0.1) is 0 Å². The molecule has 26 heavy (non-hydrogen) atoms. The fourth-order valence-corrected chi connectivity index (χ4v) is 3.34. The number of carbonyl (C=O) groups is 1. The second-order valence-electron chi connectivity index (χ2n) is 5.35. The molecule has 0 spiro atoms. The molecule has 1 aromatic heterocycles. The van der Waals surface area contributed by atoms with Gasteiger partial charge in [-0.05, 0) is 34.1 Å². The maximum Gasteiger partial charge on any atom is 0.408 e. The maximum atomic E-state index is 14.5. The lowest BCUT2D eigenvalue weighted by Gasteiger charge is -2.11. The summed E-state index contributed by atoms with van der Waals surface area (Å²) in [6.45, 7) is -1.41. The van der Waals surface area contributed by atoms with Gasteiger partial charge in [0.25, 0.3) is 0 Å². The van der Waals surface area contributed by atoms with Gasteiger partial charge in [-0.25, -0.2) is 8.78 Å². The lowest BCUT2D eigenvalue weighted by Crippen LogP contribution is -2.18. The normalized spacial score (nSPS) is 12.0. The largest absolute Gasteiger partial charge is 0.408 e. The number of fused-ring (bicyclic) bond motifs is 1. The first-order valence-electron chi connectivity index (χ1n) is 6.98. The molecule has 2 aromatic carbocycles. The fourth-order valence-electron chi connectivity index (χ4n) is 2.46. The quantitative estimate of drug-likeness (QED) is 0.386. The van der Waals surface area contributed by atoms with E-state index in [1.165, 1.54) is 0 Å². The number of ketones is 1. The van der Waals surface area contributed by atoms with Crippen LogP contribution in [-0.4, -0.2) is 21.7 Å². The molecular formula is C16H7BrClF5N2O. The highest BCUT2D eigenvalue weighted by Gasteiger charge is 2.30. The maximum absolute atomic E-state index is 14.5. The van der Waals surface area contributed by atoms with Crippen molar-refractivity contribution in [1.82, 2.24) is 9.78 Å². The van der Waals surface area contributed by atoms with Crippen LogP contribution in [0.1, 0.15) is 15.9 Å². The number of aromatic nitrogens is 2. The van der Waals surface area contributed by atoms with Crippen LogP contribution in [0.3, 0.4) is 0 Å². The van der Waals surface area contributed by atoms with Crippen LogP contribution in [0.5, 0.6) is 0 Å². The van der Waals surface area contributed by atoms with Crippen LogP contribution in [0.15, 0.2) is 34.9 Å². The van der Waals surface area contributed by atoms with Crippen molar-refractivity contribution < 1.29 is 26.7 Å². The SMILES string of the molecule is O=C(c1cc(F)ccc1Cl)c1c(F)cc2c(cnn2CC(F)(F)F)c1Br. The minimum Gasteiger partial charge on any atom is -0.288 e. The number of alkyl halides is 3. The number of hydrogen-bond acceptors (Lipinski definition) is 2. The molecular weight excluding hydrogens is 447 g/mol. The molecule has 0 bridgehead atoms. The van der Waals surface area contributed by atoms with Crippen LogP contribution < -0.4 is 0 Å². The van der Waals surface area contributed by atoms with Gasteiger partial charge in [0.1, 0.15) is 18.2 Å². The Labute approximate surface area is 156 Å². The molecule has 0 atom stereocenters. The van der Waals surface area contributed by atoms with Crippen molar-refractivity contribution in [1.29, 1.82) is 0 Å². The summed E-state index contributed by atoms with van der Waals surface area (Å²) >= 11 is 8.91. The van der Waals surface area contributed by atoms with Gasteiger partial charge < -0.3 is 0 Å². The van der Waals surface area contributed by atoms with E-state index in [-0.39, 0.29) is 26.0 Å². The highest BCUT2D eigenvalue weighted by molar-refractivity contribution is 9.10. The van der Waals surface area contributed by atoms with Gasteiger partial charge in [-0.3, -0.25) is 9.48 Å². The highest BCUT2D eigenvalue weighted by Crippen LogP contribution is 2.34. The van der Waals surface area contributed by atoms with Gasteiger partial charge in [-0.2, -0.15) is 18.3 Å². The van der Waals surface area contributed by atoms with E-state index < -0.39 is 35.7 Å². The molecule has 3 aromatic rings. The molecule has 0 aliphatic heterocycles. The molecule has 0 saturated heterocycles. The Morgan fingerprint density at radius 1 is 1.23 bits per heavy atom. The third kappa shape index (κ3) is 3.45. The van der Waals surface area contributed by atoms with Crippen LogP contribution in [0, 0.1) is 11.6 Å². The first-order chi connectivity index (χ1) is 12.1. The van der Waals surface area contributed by atoms with Gasteiger partial charge >= 0.3 is 6.18 Å². The van der Waals surface area contributed by atoms with Crippen molar-refractivity contribution in [3.8, 4) is 0 Å². The van der Waals surface area contributed by atoms with Crippen LogP contribution >= 0.6 is 27.5 Å². The number of carbonyl (C=O) groups excluding carboxylic acids is 1. The van der Waals surface area contributed by atoms with Gasteiger partial charge in [0, 0.05) is 21.5 Å². The molecule has 136 valence electrons. The predicted molar refractivity (Wildman–Crippen MR) is 88.3 cm³/mol. The molecule has 1 heterocycles. The molecule has 0 N–H and O–H groups in total. The zero-order valence-electron chi connectivity index (χ0n) is 12.5. The van der Waals surface area contributed by atoms with Crippen LogP contribution in [0.25, 0.3) is 10.9 Å². The van der Waals surface area contributed by atoms with Gasteiger partial charge in [0.05, 0.1) is 22.3 Å². The van der Waals surface area contributed by atoms with E-state index >= 15 is 0 Å². The number of benzene rings is 2. The molecule has 0 fully saturated rings. The summed E-state index contributed by atoms with van der Waals surface area (Å²) < 4.78 is 66.2. The smallest absolute Gasteiger partial charge is 0.288 e. The average molecular weight is 454 g/mol. The molecule has 10 heteroatoms. The summed E-state index contributed by atoms with van der Waals surface area (Å²) in [5.74, 6) is -2.74. The molecule has 3 nitrogen and oxygen atoms in total. The van der Waals surface area contributed by atoms with Crippen LogP contribution in [-0.2, 0) is 6.54 Å². The molecule has 0 saturated carbocycles. The van der Waals surface area contributed by atoms with E-state index in [4.69, 9.17) is 11.6 Å². The summed E-state index contributed by atoms with van der Waals surface area (Å²) in [5.41, 5.74) is -0.890. The topological polar surface area (TPSA) is 34.9 Å². The number of halogens is 7. The second-order valence-corrected chi connectivity index (χ2v) is 6.55. The third-order valence-electron chi connectivity index (χ3n) is 3.57. The number of rotatable bonds is 3. The number of hydrogen-bond donors (Lipinski definition) is 0. The summed E-state index contributed by atoms with van der Waals surface area (Å²) in [5, 5.41) is 3.61. The average Bonchev–Trinajstić information content (AvgIpc) is 2.90. The zero-order chi connectivity index (χ0) is 19.2. The summed E-state index contributed by atoms with van der Waals surface area (Å²) in [4.78, 5) is 12.6. The summed E-state index contributed by atoms with van der Waals surface area (Å²) in [7, 11) is 0. The Morgan fingerprint density at radius 2 is 1.92 bits per heavy atom. The van der Waals surface area contributed by atoms with E-state index in [9.17, 15) is 26.7 Å². The third-order valence-corrected chi connectivity index (χ3v) is 4.72. The molecule has 0 unspecified atom stereocenters. The van der Waals surface area contributed by atoms with Crippen molar-refractivity contribution in [2.45, 2.75) is 12.7 Å². The van der Waals surface area contributed by atoms with Gasteiger partial charge in [0.15, 0.2) is 5.78 Å². The minimum atomic E-state index is -4.55. The van der Waals surface area contributed by atoms with E-state index in [0.717, 1.165) is 30.5 Å². The highest BCUT2D eigenvalue weighted by atomic mass is 79.9. The zero-order valence-corrected chi connectivity index (χ0v) is 14.9. The summed E-state index contributed by atoms with van der Waals surface area (Å²) in [6.07, 6.45) is -3.47. The van der Waals surface area contributed by atoms with E-state index in [2.05, 4.69) is 21.0 Å². The van der Waals surface area contributed by atoms with E-state index in [1.54, 1.807) is 0 Å². The lowest BCUT2D eigenvalue weighted by molar-refractivity contribution is -0.141. The first kappa shape index (κ1) is 18.8. The molecule has 0 aliphatic rings. The fraction of sp³-hybridized carbons (Fsp3) is 0.125. The van der Waals surface area contributed by atoms with Crippen molar-refractivity contribution >= 4 is 44.2 Å². The standard InChI is InChI=1S/C16H7BrClF5N2O/c17-14-9-5-24-25(6-16(21,22)23)12(9)4-11(20)13(14)15(26)8-3-7(19)1-2-10(8)18/h1-5H,6H2. The Bertz CT molecular complexity index is 1030. The van der Waals surface area contributed by atoms with Crippen molar-refractivity contribution in [2.24, 2.45) is 0 Å². The Hall–Kier alpha value is -2.00. The second kappa shape index (κ2) is 6.62. The first-order valence-corrected chi connectivity index (χ1v) is 8.15. The predicted octanol–water partition coefficient (Wildman–Crippen LogP) is 5.52. The Morgan fingerprint density at radius 3 is 2.58 bits per heavy atom. The molecule has 0 radical (unpaired) electrons. The van der Waals surface area contributed by atoms with E-state index in [1.807, 2.05) is 0 Å². The molecule has 3 rings (SSSR count). The van der Waals surface area contributed by atoms with Crippen molar-refractivity contribution in [2.75, 3.05) is 0 Å². The van der Waals surface area contributed by atoms with Crippen LogP contribution in [0.4, 0.5) is 22.0 Å². The van der Waals surface area contributed by atoms with Crippen LogP contribution in [0.2, 0.25) is 5.02 Å². The van der Waals surface area contributed by atoms with Crippen molar-refractivity contribution in [3.05, 3.63) is 62.7 Å². The number of nitrogens with zero attached hydrogens (tertiary/aromatic N) is 2. The Balaban J connectivity index is 2.16. The van der Waals surface area contributed by atoms with Gasteiger partial charge in [-0.1, -0.05) is 11.6 Å². The van der Waals surface area contributed by atoms with E-state index in [0.29, 0.717) is 4.68 Å².